The summed E-state index contributed by atoms with van der Waals surface area (Å²) in [4.78, 5) is 0. The van der Waals surface area contributed by atoms with Crippen molar-refractivity contribution in [2.75, 3.05) is 0 Å². The molecule has 0 saturated heterocycles. The molecule has 0 fully saturated rings. The molecular formula is C9H5BrFNO. The van der Waals surface area contributed by atoms with Crippen molar-refractivity contribution < 1.29 is 8.91 Å². The summed E-state index contributed by atoms with van der Waals surface area (Å²) >= 11 is 3.25. The standard InChI is InChI=1S/C9H5BrFNO/c10-8-5-12-13-9(8)6-2-1-3-7(11)4-6/h1-5H. The van der Waals surface area contributed by atoms with Gasteiger partial charge in [-0.1, -0.05) is 17.3 Å². The Hall–Kier alpha value is -1.16. The zero-order valence-electron chi connectivity index (χ0n) is 6.50. The molecule has 2 nitrogen and oxygen atoms in total. The van der Waals surface area contributed by atoms with Crippen LogP contribution in [0.4, 0.5) is 4.39 Å². The molecule has 0 N–H and O–H groups in total. The molecule has 0 aliphatic heterocycles. The van der Waals surface area contributed by atoms with E-state index in [1.165, 1.54) is 18.3 Å². The minimum absolute atomic E-state index is 0.291. The summed E-state index contributed by atoms with van der Waals surface area (Å²) in [5, 5.41) is 3.58. The van der Waals surface area contributed by atoms with Gasteiger partial charge in [0.1, 0.15) is 5.82 Å². The molecule has 1 aromatic carbocycles. The molecule has 0 aliphatic carbocycles. The molecule has 13 heavy (non-hydrogen) atoms. The van der Waals surface area contributed by atoms with E-state index in [9.17, 15) is 4.39 Å². The Labute approximate surface area is 82.5 Å². The molecule has 0 radical (unpaired) electrons. The third-order valence-electron chi connectivity index (χ3n) is 1.61. The van der Waals surface area contributed by atoms with Gasteiger partial charge < -0.3 is 4.52 Å². The first kappa shape index (κ1) is 8.44. The molecule has 0 saturated carbocycles. The molecule has 0 unspecified atom stereocenters. The van der Waals surface area contributed by atoms with E-state index in [-0.39, 0.29) is 5.82 Å². The second-order valence-electron chi connectivity index (χ2n) is 2.51. The SMILES string of the molecule is Fc1cccc(-c2oncc2Br)c1. The molecule has 0 bridgehead atoms. The first-order valence-electron chi connectivity index (χ1n) is 3.63. The van der Waals surface area contributed by atoms with Crippen LogP contribution in [0.15, 0.2) is 39.5 Å². The number of nitrogens with zero attached hydrogens (tertiary/aromatic N) is 1. The third-order valence-corrected chi connectivity index (χ3v) is 2.18. The van der Waals surface area contributed by atoms with Crippen LogP contribution in [0.25, 0.3) is 11.3 Å². The fourth-order valence-corrected chi connectivity index (χ4v) is 1.43. The van der Waals surface area contributed by atoms with Crippen LogP contribution in [0.3, 0.4) is 0 Å². The van der Waals surface area contributed by atoms with Gasteiger partial charge in [0.05, 0.1) is 10.7 Å². The van der Waals surface area contributed by atoms with E-state index in [1.54, 1.807) is 12.1 Å². The lowest BCUT2D eigenvalue weighted by molar-refractivity contribution is 0.431. The molecule has 0 atom stereocenters. The van der Waals surface area contributed by atoms with E-state index in [4.69, 9.17) is 4.52 Å². The number of hydrogen-bond donors (Lipinski definition) is 0. The van der Waals surface area contributed by atoms with Crippen LogP contribution in [-0.2, 0) is 0 Å². The van der Waals surface area contributed by atoms with Crippen LogP contribution >= 0.6 is 15.9 Å². The zero-order valence-corrected chi connectivity index (χ0v) is 8.08. The predicted octanol–water partition coefficient (Wildman–Crippen LogP) is 3.24. The third kappa shape index (κ3) is 1.62. The van der Waals surface area contributed by atoms with Gasteiger partial charge in [-0.05, 0) is 28.1 Å². The molecule has 4 heteroatoms. The zero-order chi connectivity index (χ0) is 9.26. The van der Waals surface area contributed by atoms with Crippen molar-refractivity contribution in [2.24, 2.45) is 0 Å². The predicted molar refractivity (Wildman–Crippen MR) is 49.6 cm³/mol. The van der Waals surface area contributed by atoms with Gasteiger partial charge >= 0.3 is 0 Å². The summed E-state index contributed by atoms with van der Waals surface area (Å²) in [6.45, 7) is 0. The van der Waals surface area contributed by atoms with Gasteiger partial charge in [-0.15, -0.1) is 0 Å². The van der Waals surface area contributed by atoms with Gasteiger partial charge in [0.25, 0.3) is 0 Å². The minimum atomic E-state index is -0.291. The van der Waals surface area contributed by atoms with Crippen LogP contribution < -0.4 is 0 Å². The highest BCUT2D eigenvalue weighted by Gasteiger charge is 2.08. The van der Waals surface area contributed by atoms with E-state index in [2.05, 4.69) is 21.1 Å². The molecular weight excluding hydrogens is 237 g/mol. The number of hydrogen-bond acceptors (Lipinski definition) is 2. The van der Waals surface area contributed by atoms with Crippen molar-refractivity contribution >= 4 is 15.9 Å². The molecule has 0 aliphatic rings. The number of halogens is 2. The molecule has 2 rings (SSSR count). The molecule has 2 aromatic rings. The molecule has 66 valence electrons. The highest BCUT2D eigenvalue weighted by molar-refractivity contribution is 9.10. The normalized spacial score (nSPS) is 10.3. The van der Waals surface area contributed by atoms with E-state index in [1.807, 2.05) is 0 Å². The maximum atomic E-state index is 12.8. The van der Waals surface area contributed by atoms with Gasteiger partial charge in [-0.2, -0.15) is 0 Å². The molecule has 1 heterocycles. The van der Waals surface area contributed by atoms with Crippen molar-refractivity contribution in [2.45, 2.75) is 0 Å². The number of benzene rings is 1. The van der Waals surface area contributed by atoms with E-state index < -0.39 is 0 Å². The maximum absolute atomic E-state index is 12.8. The highest BCUT2D eigenvalue weighted by Crippen LogP contribution is 2.27. The average Bonchev–Trinajstić information content (AvgIpc) is 2.51. The van der Waals surface area contributed by atoms with E-state index >= 15 is 0 Å². The Balaban J connectivity index is 2.53. The van der Waals surface area contributed by atoms with Crippen molar-refractivity contribution in [3.63, 3.8) is 0 Å². The summed E-state index contributed by atoms with van der Waals surface area (Å²) in [6.07, 6.45) is 1.53. The smallest absolute Gasteiger partial charge is 0.181 e. The van der Waals surface area contributed by atoms with Crippen molar-refractivity contribution in [1.29, 1.82) is 0 Å². The summed E-state index contributed by atoms with van der Waals surface area (Å²) < 4.78 is 18.5. The van der Waals surface area contributed by atoms with Crippen molar-refractivity contribution in [1.82, 2.24) is 5.16 Å². The van der Waals surface area contributed by atoms with Crippen LogP contribution in [0.2, 0.25) is 0 Å². The lowest BCUT2D eigenvalue weighted by Crippen LogP contribution is -1.77. The van der Waals surface area contributed by atoms with Crippen LogP contribution in [-0.4, -0.2) is 5.16 Å². The van der Waals surface area contributed by atoms with Gasteiger partial charge in [0.15, 0.2) is 5.76 Å². The highest BCUT2D eigenvalue weighted by atomic mass is 79.9. The lowest BCUT2D eigenvalue weighted by atomic mass is 10.2. The topological polar surface area (TPSA) is 26.0 Å². The largest absolute Gasteiger partial charge is 0.355 e. The monoisotopic (exact) mass is 241 g/mol. The first-order chi connectivity index (χ1) is 6.27. The van der Waals surface area contributed by atoms with E-state index in [0.29, 0.717) is 11.3 Å². The lowest BCUT2D eigenvalue weighted by Gasteiger charge is -1.95. The van der Waals surface area contributed by atoms with Crippen molar-refractivity contribution in [3.05, 3.63) is 40.8 Å². The van der Waals surface area contributed by atoms with Crippen LogP contribution in [0.5, 0.6) is 0 Å². The molecule has 0 spiro atoms. The van der Waals surface area contributed by atoms with Crippen LogP contribution in [0.1, 0.15) is 0 Å². The summed E-state index contributed by atoms with van der Waals surface area (Å²) in [6, 6.07) is 6.16. The maximum Gasteiger partial charge on any atom is 0.181 e. The first-order valence-corrected chi connectivity index (χ1v) is 4.43. The fourth-order valence-electron chi connectivity index (χ4n) is 1.05. The van der Waals surface area contributed by atoms with Gasteiger partial charge in [-0.25, -0.2) is 4.39 Å². The Morgan fingerprint density at radius 1 is 1.38 bits per heavy atom. The second kappa shape index (κ2) is 3.30. The summed E-state index contributed by atoms with van der Waals surface area (Å²) in [7, 11) is 0. The number of aromatic nitrogens is 1. The Morgan fingerprint density at radius 3 is 2.85 bits per heavy atom. The average molecular weight is 242 g/mol. The van der Waals surface area contributed by atoms with E-state index in [0.717, 1.165) is 4.47 Å². The Morgan fingerprint density at radius 2 is 2.23 bits per heavy atom. The molecule has 1 aromatic heterocycles. The van der Waals surface area contributed by atoms with Gasteiger partial charge in [0, 0.05) is 5.56 Å². The fraction of sp³-hybridized carbons (Fsp3) is 0. The van der Waals surface area contributed by atoms with Gasteiger partial charge in [-0.3, -0.25) is 0 Å². The Kier molecular flexibility index (Phi) is 2.14. The number of rotatable bonds is 1. The summed E-state index contributed by atoms with van der Waals surface area (Å²) in [5.74, 6) is 0.250. The van der Waals surface area contributed by atoms with Crippen molar-refractivity contribution in [3.8, 4) is 11.3 Å². The summed E-state index contributed by atoms with van der Waals surface area (Å²) in [5.41, 5.74) is 0.671. The Bertz CT molecular complexity index is 427. The van der Waals surface area contributed by atoms with Gasteiger partial charge in [0.2, 0.25) is 0 Å². The quantitative estimate of drug-likeness (QED) is 0.767. The van der Waals surface area contributed by atoms with Crippen LogP contribution in [0, 0.1) is 5.82 Å². The second-order valence-corrected chi connectivity index (χ2v) is 3.37. The molecule has 0 amide bonds. The minimum Gasteiger partial charge on any atom is -0.355 e.